The van der Waals surface area contributed by atoms with Gasteiger partial charge in [-0.05, 0) is 55.4 Å². The van der Waals surface area contributed by atoms with Gasteiger partial charge in [0, 0.05) is 36.1 Å². The van der Waals surface area contributed by atoms with Crippen molar-refractivity contribution in [3.8, 4) is 11.1 Å². The van der Waals surface area contributed by atoms with Crippen molar-refractivity contribution >= 4 is 15.9 Å². The third kappa shape index (κ3) is 4.22. The van der Waals surface area contributed by atoms with Gasteiger partial charge in [-0.2, -0.15) is 0 Å². The number of ether oxygens (including phenoxy) is 1. The summed E-state index contributed by atoms with van der Waals surface area (Å²) in [5.41, 5.74) is -0.00638. The van der Waals surface area contributed by atoms with Crippen molar-refractivity contribution in [1.29, 1.82) is 0 Å². The maximum Gasteiger partial charge on any atom is 0.252 e. The van der Waals surface area contributed by atoms with E-state index in [2.05, 4.69) is 4.72 Å². The van der Waals surface area contributed by atoms with E-state index in [9.17, 15) is 22.0 Å². The number of hydrogen-bond acceptors (Lipinski definition) is 4. The van der Waals surface area contributed by atoms with Crippen LogP contribution >= 0.6 is 0 Å². The Morgan fingerprint density at radius 2 is 1.78 bits per heavy atom. The van der Waals surface area contributed by atoms with E-state index in [0.29, 0.717) is 32.4 Å². The standard InChI is InChI=1S/C26H27F3N2O4S/c27-17-10-16(11-18(28)13-17)20-3-1-2-15(23(20)29)12-21-24(30-36(33,34)19-4-5-19)26(7-8-26)14-31(21)25(32)22-6-9-35-22/h1-3,10-11,13,19,21-22,24,30H,4-9,12,14H2/t21-,22+,24+/m0/s1. The van der Waals surface area contributed by atoms with Gasteiger partial charge in [0.15, 0.2) is 0 Å². The summed E-state index contributed by atoms with van der Waals surface area (Å²) >= 11 is 0. The number of carbonyl (C=O) groups excluding carboxylic acids is 1. The van der Waals surface area contributed by atoms with Crippen molar-refractivity contribution in [3.63, 3.8) is 0 Å². The molecule has 0 radical (unpaired) electrons. The second-order valence-corrected chi connectivity index (χ2v) is 12.5. The molecule has 1 spiro atoms. The Bertz CT molecular complexity index is 1300. The van der Waals surface area contributed by atoms with Crippen LogP contribution in [0.25, 0.3) is 11.1 Å². The molecular formula is C26H27F3N2O4S. The fourth-order valence-electron chi connectivity index (χ4n) is 5.61. The molecule has 2 aliphatic carbocycles. The molecule has 4 fully saturated rings. The lowest BCUT2D eigenvalue weighted by atomic mass is 9.91. The average molecular weight is 521 g/mol. The molecule has 6 nitrogen and oxygen atoms in total. The summed E-state index contributed by atoms with van der Waals surface area (Å²) in [5.74, 6) is -2.47. The van der Waals surface area contributed by atoms with Crippen molar-refractivity contribution in [2.45, 2.75) is 62.0 Å². The highest BCUT2D eigenvalue weighted by Crippen LogP contribution is 2.56. The highest BCUT2D eigenvalue weighted by Gasteiger charge is 2.62. The van der Waals surface area contributed by atoms with Crippen LogP contribution in [0.15, 0.2) is 36.4 Å². The molecular weight excluding hydrogens is 493 g/mol. The van der Waals surface area contributed by atoms with Crippen molar-refractivity contribution in [2.24, 2.45) is 5.41 Å². The fourth-order valence-corrected chi connectivity index (χ4v) is 7.32. The number of nitrogens with one attached hydrogen (secondary N) is 1. The fraction of sp³-hybridized carbons (Fsp3) is 0.500. The maximum atomic E-state index is 15.7. The molecule has 6 rings (SSSR count). The van der Waals surface area contributed by atoms with Crippen LogP contribution in [0.3, 0.4) is 0 Å². The Morgan fingerprint density at radius 3 is 2.36 bits per heavy atom. The second kappa shape index (κ2) is 8.56. The van der Waals surface area contributed by atoms with E-state index < -0.39 is 50.9 Å². The van der Waals surface area contributed by atoms with Crippen LogP contribution in [0.2, 0.25) is 0 Å². The van der Waals surface area contributed by atoms with E-state index >= 15 is 4.39 Å². The minimum atomic E-state index is -3.55. The monoisotopic (exact) mass is 520 g/mol. The molecule has 2 heterocycles. The van der Waals surface area contributed by atoms with Gasteiger partial charge in [-0.3, -0.25) is 4.79 Å². The summed E-state index contributed by atoms with van der Waals surface area (Å²) in [5, 5.41) is -0.420. The molecule has 4 aliphatic rings. The Hall–Kier alpha value is -2.43. The SMILES string of the molecule is O=C([C@H]1CCO1)N1CC2(CC2)[C@H](NS(=O)(=O)C2CC2)[C@@H]1Cc1cccc(-c2cc(F)cc(F)c2)c1F. The van der Waals surface area contributed by atoms with Crippen molar-refractivity contribution in [2.75, 3.05) is 13.2 Å². The van der Waals surface area contributed by atoms with Gasteiger partial charge in [-0.15, -0.1) is 0 Å². The Morgan fingerprint density at radius 1 is 1.08 bits per heavy atom. The molecule has 1 N–H and O–H groups in total. The van der Waals surface area contributed by atoms with Gasteiger partial charge in [-0.25, -0.2) is 26.3 Å². The summed E-state index contributed by atoms with van der Waals surface area (Å²) in [6.07, 6.45) is 2.88. The molecule has 0 bridgehead atoms. The van der Waals surface area contributed by atoms with Crippen LogP contribution in [-0.2, 0) is 26.0 Å². The summed E-state index contributed by atoms with van der Waals surface area (Å²) in [6, 6.07) is 6.33. The first kappa shape index (κ1) is 23.9. The van der Waals surface area contributed by atoms with Crippen molar-refractivity contribution < 1.29 is 31.1 Å². The smallest absolute Gasteiger partial charge is 0.252 e. The lowest BCUT2D eigenvalue weighted by molar-refractivity contribution is -0.157. The predicted octanol–water partition coefficient (Wildman–Crippen LogP) is 3.54. The number of likely N-dealkylation sites (tertiary alicyclic amines) is 1. The zero-order valence-corrected chi connectivity index (χ0v) is 20.4. The number of nitrogens with zero attached hydrogens (tertiary/aromatic N) is 1. The average Bonchev–Trinajstić information content (AvgIpc) is 3.68. The van der Waals surface area contributed by atoms with Crippen LogP contribution in [-0.4, -0.2) is 55.8 Å². The normalized spacial score (nSPS) is 26.8. The van der Waals surface area contributed by atoms with Crippen LogP contribution in [0.1, 0.15) is 37.7 Å². The minimum Gasteiger partial charge on any atom is -0.368 e. The Labute approximate surface area is 207 Å². The van der Waals surface area contributed by atoms with E-state index in [1.807, 2.05) is 0 Å². The summed E-state index contributed by atoms with van der Waals surface area (Å²) in [7, 11) is -3.55. The Kier molecular flexibility index (Phi) is 5.69. The van der Waals surface area contributed by atoms with Crippen LogP contribution in [0.4, 0.5) is 13.2 Å². The highest BCUT2D eigenvalue weighted by atomic mass is 32.2. The van der Waals surface area contributed by atoms with E-state index in [0.717, 1.165) is 31.0 Å². The van der Waals surface area contributed by atoms with E-state index in [-0.39, 0.29) is 34.4 Å². The van der Waals surface area contributed by atoms with Crippen molar-refractivity contribution in [1.82, 2.24) is 9.62 Å². The third-order valence-corrected chi connectivity index (χ3v) is 9.95. The summed E-state index contributed by atoms with van der Waals surface area (Å²) < 4.78 is 77.5. The first-order valence-electron chi connectivity index (χ1n) is 12.3. The number of halogens is 3. The van der Waals surface area contributed by atoms with Gasteiger partial charge in [0.1, 0.15) is 23.6 Å². The summed E-state index contributed by atoms with van der Waals surface area (Å²) in [4.78, 5) is 15.0. The lowest BCUT2D eigenvalue weighted by Crippen LogP contribution is -2.53. The zero-order chi connectivity index (χ0) is 25.2. The summed E-state index contributed by atoms with van der Waals surface area (Å²) in [6.45, 7) is 0.892. The second-order valence-electron chi connectivity index (χ2n) is 10.5. The molecule has 1 amide bonds. The van der Waals surface area contributed by atoms with E-state index in [1.54, 1.807) is 17.0 Å². The van der Waals surface area contributed by atoms with E-state index in [1.165, 1.54) is 6.07 Å². The van der Waals surface area contributed by atoms with Gasteiger partial charge in [0.25, 0.3) is 5.91 Å². The molecule has 0 unspecified atom stereocenters. The molecule has 2 aromatic rings. The van der Waals surface area contributed by atoms with Gasteiger partial charge >= 0.3 is 0 Å². The number of hydrogen-bond donors (Lipinski definition) is 1. The van der Waals surface area contributed by atoms with Crippen LogP contribution in [0.5, 0.6) is 0 Å². The first-order chi connectivity index (χ1) is 17.2. The largest absolute Gasteiger partial charge is 0.368 e. The molecule has 2 saturated heterocycles. The zero-order valence-electron chi connectivity index (χ0n) is 19.6. The third-order valence-electron chi connectivity index (χ3n) is 8.02. The maximum absolute atomic E-state index is 15.7. The first-order valence-corrected chi connectivity index (χ1v) is 13.9. The molecule has 2 aliphatic heterocycles. The van der Waals surface area contributed by atoms with Gasteiger partial charge < -0.3 is 9.64 Å². The minimum absolute atomic E-state index is 0.0420. The quantitative estimate of drug-likeness (QED) is 0.606. The molecule has 3 atom stereocenters. The van der Waals surface area contributed by atoms with Crippen molar-refractivity contribution in [3.05, 3.63) is 59.4 Å². The van der Waals surface area contributed by atoms with Gasteiger partial charge in [0.2, 0.25) is 10.0 Å². The number of rotatable bonds is 7. The Balaban J connectivity index is 1.36. The van der Waals surface area contributed by atoms with E-state index in [4.69, 9.17) is 4.74 Å². The molecule has 36 heavy (non-hydrogen) atoms. The van der Waals surface area contributed by atoms with Crippen LogP contribution < -0.4 is 4.72 Å². The molecule has 0 aromatic heterocycles. The number of amides is 1. The number of carbonyl (C=O) groups is 1. The molecule has 192 valence electrons. The highest BCUT2D eigenvalue weighted by molar-refractivity contribution is 7.90. The molecule has 2 aromatic carbocycles. The number of benzene rings is 2. The predicted molar refractivity (Wildman–Crippen MR) is 126 cm³/mol. The topological polar surface area (TPSA) is 75.7 Å². The van der Waals surface area contributed by atoms with Gasteiger partial charge in [0.05, 0.1) is 17.9 Å². The van der Waals surface area contributed by atoms with Crippen LogP contribution in [0, 0.1) is 22.9 Å². The van der Waals surface area contributed by atoms with Gasteiger partial charge in [-0.1, -0.05) is 18.2 Å². The molecule has 2 saturated carbocycles. The lowest BCUT2D eigenvalue weighted by Gasteiger charge is -2.34. The number of sulfonamides is 1. The molecule has 10 heteroatoms.